The number of thiophene rings is 2. The van der Waals surface area contributed by atoms with Gasteiger partial charge in [0.05, 0.1) is 34.5 Å². The summed E-state index contributed by atoms with van der Waals surface area (Å²) in [5.41, 5.74) is 10.5. The third-order valence-electron chi connectivity index (χ3n) is 11.1. The van der Waals surface area contributed by atoms with E-state index in [-0.39, 0.29) is 0 Å². The summed E-state index contributed by atoms with van der Waals surface area (Å²) in [5.74, 6) is 0. The van der Waals surface area contributed by atoms with Gasteiger partial charge in [-0.2, -0.15) is 17.5 Å². The van der Waals surface area contributed by atoms with Crippen molar-refractivity contribution in [3.63, 3.8) is 0 Å². The zero-order chi connectivity index (χ0) is 36.4. The average molecular weight is 793 g/mol. The van der Waals surface area contributed by atoms with Crippen LogP contribution in [0, 0.1) is 13.8 Å². The molecule has 6 aromatic rings. The predicted octanol–water partition coefficient (Wildman–Crippen LogP) is 13.2. The molecule has 0 N–H and O–H groups in total. The lowest BCUT2D eigenvalue weighted by Gasteiger charge is -2.30. The lowest BCUT2D eigenvalue weighted by molar-refractivity contribution is 0.616. The predicted molar refractivity (Wildman–Crippen MR) is 233 cm³/mol. The summed E-state index contributed by atoms with van der Waals surface area (Å²) in [5, 5.41) is 3.07. The molecule has 0 spiro atoms. The molecule has 0 amide bonds. The standard InChI is InChI=1S/C42H48N6S4Si/c1-5-7-9-11-13-15-21-53(22-16-14-12-10-8-6-2)33-23-27(3)25-43-37(33)38-34(53)24-29(26-44-38)30-19-20-32(50-30)36-41-39(45-51-47-41)35(31-18-17-28(4)49-31)40-42(36)48-52-46-40/h17-20,23-26H,5-16,21-22H2,1-4H3. The first-order chi connectivity index (χ1) is 26.0. The van der Waals surface area contributed by atoms with E-state index in [4.69, 9.17) is 27.4 Å². The van der Waals surface area contributed by atoms with Gasteiger partial charge in [0, 0.05) is 48.6 Å². The summed E-state index contributed by atoms with van der Waals surface area (Å²) in [7, 11) is -2.11. The van der Waals surface area contributed by atoms with Crippen LogP contribution >= 0.6 is 34.4 Å². The third-order valence-corrected chi connectivity index (χ3v) is 19.6. The minimum absolute atomic E-state index is 0.915. The van der Waals surface area contributed by atoms with Crippen molar-refractivity contribution in [2.24, 2.45) is 8.73 Å². The molecule has 53 heavy (non-hydrogen) atoms. The van der Waals surface area contributed by atoms with Gasteiger partial charge in [0.1, 0.15) is 30.5 Å². The lowest BCUT2D eigenvalue weighted by Crippen LogP contribution is -2.55. The Morgan fingerprint density at radius 3 is 1.75 bits per heavy atom. The molecule has 5 aromatic heterocycles. The second kappa shape index (κ2) is 16.2. The van der Waals surface area contributed by atoms with Gasteiger partial charge in [0.15, 0.2) is 0 Å². The van der Waals surface area contributed by atoms with Crippen LogP contribution in [0.15, 0.2) is 57.5 Å². The molecule has 8 rings (SSSR count). The second-order valence-corrected chi connectivity index (χ2v) is 22.6. The second-order valence-electron chi connectivity index (χ2n) is 14.9. The zero-order valence-corrected chi connectivity index (χ0v) is 35.6. The molecule has 2 aliphatic rings. The van der Waals surface area contributed by atoms with Crippen LogP contribution in [-0.4, -0.2) is 26.8 Å². The Bertz CT molecular complexity index is 2320. The van der Waals surface area contributed by atoms with Crippen molar-refractivity contribution in [2.45, 2.75) is 117 Å². The Balaban J connectivity index is 1.17. The Morgan fingerprint density at radius 1 is 0.585 bits per heavy atom. The quantitative estimate of drug-likeness (QED) is 0.0680. The van der Waals surface area contributed by atoms with Crippen molar-refractivity contribution >= 4 is 86.6 Å². The molecule has 0 saturated carbocycles. The minimum Gasteiger partial charge on any atom is -0.254 e. The van der Waals surface area contributed by atoms with Gasteiger partial charge in [-0.1, -0.05) is 103 Å². The SMILES string of the molecule is CCCCCCCC[Si]1(CCCCCCCC)c2cc(C)cnc2-c2ncc(-c3ccc(-c4c5c(c(-c6ccc(C)s6)c6nsnc46)N=S=N5)s3)cc21. The van der Waals surface area contributed by atoms with E-state index in [0.29, 0.717) is 0 Å². The number of rotatable bonds is 17. The summed E-state index contributed by atoms with van der Waals surface area (Å²) in [6, 6.07) is 16.5. The molecule has 0 saturated heterocycles. The molecule has 1 aromatic carbocycles. The number of nitrogens with zero attached hydrogens (tertiary/aromatic N) is 6. The summed E-state index contributed by atoms with van der Waals surface area (Å²) in [6.45, 7) is 8.97. The van der Waals surface area contributed by atoms with Crippen LogP contribution in [0.4, 0.5) is 11.4 Å². The van der Waals surface area contributed by atoms with Gasteiger partial charge < -0.3 is 0 Å². The molecule has 0 radical (unpaired) electrons. The Hall–Kier alpha value is -3.22. The molecular weight excluding hydrogens is 745 g/mol. The third kappa shape index (κ3) is 7.08. The number of fused-ring (bicyclic) bond motifs is 5. The summed E-state index contributed by atoms with van der Waals surface area (Å²) < 4.78 is 19.4. The van der Waals surface area contributed by atoms with E-state index >= 15 is 0 Å². The Morgan fingerprint density at radius 2 is 1.13 bits per heavy atom. The van der Waals surface area contributed by atoms with Gasteiger partial charge in [-0.15, -0.1) is 22.7 Å². The van der Waals surface area contributed by atoms with Crippen LogP contribution in [0.3, 0.4) is 0 Å². The van der Waals surface area contributed by atoms with Gasteiger partial charge in [0.25, 0.3) is 0 Å². The van der Waals surface area contributed by atoms with E-state index in [0.717, 1.165) is 49.8 Å². The fourth-order valence-corrected chi connectivity index (χ4v) is 17.0. The molecule has 0 bridgehead atoms. The highest BCUT2D eigenvalue weighted by atomic mass is 32.1. The van der Waals surface area contributed by atoms with Gasteiger partial charge in [-0.05, 0) is 66.1 Å². The maximum Gasteiger partial charge on any atom is 0.124 e. The number of aryl methyl sites for hydroxylation is 2. The van der Waals surface area contributed by atoms with E-state index in [1.54, 1.807) is 16.5 Å². The lowest BCUT2D eigenvalue weighted by atomic mass is 10.0. The van der Waals surface area contributed by atoms with E-state index in [1.165, 1.54) is 143 Å². The first kappa shape index (κ1) is 36.7. The molecule has 11 heteroatoms. The van der Waals surface area contributed by atoms with Crippen LogP contribution in [0.1, 0.15) is 101 Å². The monoisotopic (exact) mass is 792 g/mol. The number of hydrogen-bond donors (Lipinski definition) is 0. The molecule has 0 atom stereocenters. The molecule has 7 heterocycles. The summed E-state index contributed by atoms with van der Waals surface area (Å²) >= 11 is 6.12. The number of pyridine rings is 2. The highest BCUT2D eigenvalue weighted by Crippen LogP contribution is 2.54. The summed E-state index contributed by atoms with van der Waals surface area (Å²) in [6.07, 6.45) is 20.0. The maximum atomic E-state index is 5.29. The Labute approximate surface area is 330 Å². The van der Waals surface area contributed by atoms with E-state index in [2.05, 4.69) is 76.5 Å². The molecule has 0 fully saturated rings. The van der Waals surface area contributed by atoms with Gasteiger partial charge in [-0.3, -0.25) is 9.97 Å². The number of benzene rings is 1. The molecule has 2 aliphatic heterocycles. The van der Waals surface area contributed by atoms with Crippen LogP contribution in [-0.2, 0) is 11.4 Å². The zero-order valence-electron chi connectivity index (χ0n) is 31.3. The van der Waals surface area contributed by atoms with Crippen LogP contribution in [0.25, 0.3) is 53.7 Å². The highest BCUT2D eigenvalue weighted by molar-refractivity contribution is 7.58. The van der Waals surface area contributed by atoms with Crippen LogP contribution < -0.4 is 10.4 Å². The topological polar surface area (TPSA) is 76.3 Å². The smallest absolute Gasteiger partial charge is 0.124 e. The molecule has 0 unspecified atom stereocenters. The summed E-state index contributed by atoms with van der Waals surface area (Å²) in [4.78, 5) is 15.2. The van der Waals surface area contributed by atoms with E-state index in [9.17, 15) is 0 Å². The van der Waals surface area contributed by atoms with Crippen LogP contribution in [0.5, 0.6) is 0 Å². The number of hydrogen-bond acceptors (Lipinski definition) is 9. The fraction of sp³-hybridized carbons (Fsp3) is 0.429. The molecule has 6 nitrogen and oxygen atoms in total. The van der Waals surface area contributed by atoms with Crippen LogP contribution in [0.2, 0.25) is 12.1 Å². The minimum atomic E-state index is -2.11. The van der Waals surface area contributed by atoms with Gasteiger partial charge in [0.2, 0.25) is 0 Å². The largest absolute Gasteiger partial charge is 0.254 e. The molecular formula is C42H48N6S4Si. The fourth-order valence-electron chi connectivity index (χ4n) is 8.42. The average Bonchev–Trinajstić information content (AvgIpc) is 4.02. The molecule has 0 aliphatic carbocycles. The van der Waals surface area contributed by atoms with Crippen molar-refractivity contribution in [3.8, 4) is 42.7 Å². The van der Waals surface area contributed by atoms with Crippen molar-refractivity contribution in [1.82, 2.24) is 18.7 Å². The van der Waals surface area contributed by atoms with Crippen molar-refractivity contribution < 1.29 is 0 Å². The van der Waals surface area contributed by atoms with Gasteiger partial charge in [-0.25, -0.2) is 0 Å². The van der Waals surface area contributed by atoms with Crippen molar-refractivity contribution in [1.29, 1.82) is 0 Å². The number of aromatic nitrogens is 4. The maximum absolute atomic E-state index is 5.29. The molecule has 274 valence electrons. The first-order valence-corrected chi connectivity index (χ1v) is 25.1. The highest BCUT2D eigenvalue weighted by Gasteiger charge is 2.46. The van der Waals surface area contributed by atoms with Crippen molar-refractivity contribution in [3.05, 3.63) is 59.2 Å². The van der Waals surface area contributed by atoms with Crippen molar-refractivity contribution in [2.75, 3.05) is 0 Å². The van der Waals surface area contributed by atoms with E-state index in [1.807, 2.05) is 11.3 Å². The van der Waals surface area contributed by atoms with Gasteiger partial charge >= 0.3 is 0 Å². The normalized spacial score (nSPS) is 13.8. The number of unbranched alkanes of at least 4 members (excludes halogenated alkanes) is 10. The first-order valence-electron chi connectivity index (χ1n) is 19.6. The van der Waals surface area contributed by atoms with E-state index < -0.39 is 8.07 Å². The Kier molecular flexibility index (Phi) is 11.3.